The van der Waals surface area contributed by atoms with Crippen molar-refractivity contribution in [2.24, 2.45) is 10.9 Å². The van der Waals surface area contributed by atoms with E-state index in [0.717, 1.165) is 82.3 Å². The van der Waals surface area contributed by atoms with E-state index in [1.165, 1.54) is 6.42 Å². The van der Waals surface area contributed by atoms with Crippen LogP contribution in [0.2, 0.25) is 0 Å². The van der Waals surface area contributed by atoms with Crippen molar-refractivity contribution < 1.29 is 9.53 Å². The molecular formula is C25H41N5O2. The van der Waals surface area contributed by atoms with Gasteiger partial charge in [-0.2, -0.15) is 0 Å². The number of rotatable bonds is 8. The Bertz CT molecular complexity index is 752. The van der Waals surface area contributed by atoms with Gasteiger partial charge in [0, 0.05) is 43.3 Å². The highest BCUT2D eigenvalue weighted by atomic mass is 16.5. The average molecular weight is 444 g/mol. The lowest BCUT2D eigenvalue weighted by atomic mass is 9.88. The Balaban J connectivity index is 1.55. The number of morpholine rings is 1. The standard InChI is InChI=1S/C25H41N5O2/c1-4-26-24(28-19-25(2,3)30-13-15-32-16-14-30)27-18-20-9-8-12-22(17-20)29-23(31)21-10-6-5-7-11-21/h8-9,12,17,21H,4-7,10-11,13-16,18-19H2,1-3H3,(H,29,31)(H2,26,27,28). The van der Waals surface area contributed by atoms with Crippen LogP contribution in [0, 0.1) is 5.92 Å². The van der Waals surface area contributed by atoms with E-state index >= 15 is 0 Å². The number of benzene rings is 1. The average Bonchev–Trinajstić information content (AvgIpc) is 2.82. The quantitative estimate of drug-likeness (QED) is 0.424. The number of guanidine groups is 1. The Labute approximate surface area is 193 Å². The molecule has 178 valence electrons. The summed E-state index contributed by atoms with van der Waals surface area (Å²) in [5.41, 5.74) is 1.96. The Hall–Kier alpha value is -2.12. The molecule has 3 N–H and O–H groups in total. The number of hydrogen-bond donors (Lipinski definition) is 3. The predicted molar refractivity (Wildman–Crippen MR) is 131 cm³/mol. The largest absolute Gasteiger partial charge is 0.379 e. The SMILES string of the molecule is CCNC(=NCc1cccc(NC(=O)C2CCCCC2)c1)NCC(C)(C)N1CCOCC1. The van der Waals surface area contributed by atoms with Gasteiger partial charge < -0.3 is 20.7 Å². The molecule has 0 spiro atoms. The zero-order valence-electron chi connectivity index (χ0n) is 20.1. The number of anilines is 1. The molecule has 0 atom stereocenters. The lowest BCUT2D eigenvalue weighted by molar-refractivity contribution is -0.120. The highest BCUT2D eigenvalue weighted by Crippen LogP contribution is 2.25. The van der Waals surface area contributed by atoms with Crippen LogP contribution >= 0.6 is 0 Å². The Morgan fingerprint density at radius 1 is 1.16 bits per heavy atom. The molecule has 32 heavy (non-hydrogen) atoms. The van der Waals surface area contributed by atoms with Gasteiger partial charge in [0.1, 0.15) is 0 Å². The van der Waals surface area contributed by atoms with Gasteiger partial charge in [-0.3, -0.25) is 9.69 Å². The first kappa shape index (κ1) is 24.5. The van der Waals surface area contributed by atoms with Gasteiger partial charge in [0.2, 0.25) is 5.91 Å². The van der Waals surface area contributed by atoms with E-state index in [-0.39, 0.29) is 17.4 Å². The van der Waals surface area contributed by atoms with Gasteiger partial charge in [-0.05, 0) is 51.3 Å². The Kier molecular flexibility index (Phi) is 9.36. The number of ether oxygens (including phenoxy) is 1. The molecule has 0 radical (unpaired) electrons. The van der Waals surface area contributed by atoms with Gasteiger partial charge in [0.25, 0.3) is 0 Å². The third-order valence-corrected chi connectivity index (χ3v) is 6.49. The molecule has 1 aromatic carbocycles. The second-order valence-electron chi connectivity index (χ2n) is 9.49. The predicted octanol–water partition coefficient (Wildman–Crippen LogP) is 3.37. The maximum Gasteiger partial charge on any atom is 0.227 e. The van der Waals surface area contributed by atoms with Crippen molar-refractivity contribution >= 4 is 17.6 Å². The van der Waals surface area contributed by atoms with Crippen LogP contribution in [-0.2, 0) is 16.1 Å². The van der Waals surface area contributed by atoms with Crippen molar-refractivity contribution in [3.8, 4) is 0 Å². The number of carbonyl (C=O) groups is 1. The molecule has 1 aromatic rings. The van der Waals surface area contributed by atoms with Gasteiger partial charge in [0.15, 0.2) is 5.96 Å². The van der Waals surface area contributed by atoms with Crippen LogP contribution in [0.15, 0.2) is 29.3 Å². The molecule has 1 heterocycles. The van der Waals surface area contributed by atoms with Crippen molar-refractivity contribution in [1.29, 1.82) is 0 Å². The first-order valence-corrected chi connectivity index (χ1v) is 12.2. The van der Waals surface area contributed by atoms with Crippen molar-refractivity contribution in [2.45, 2.75) is 65.0 Å². The van der Waals surface area contributed by atoms with Crippen LogP contribution in [-0.4, -0.2) is 61.7 Å². The van der Waals surface area contributed by atoms with E-state index in [2.05, 4.69) is 47.7 Å². The number of amides is 1. The first-order valence-electron chi connectivity index (χ1n) is 12.2. The summed E-state index contributed by atoms with van der Waals surface area (Å²) in [5.74, 6) is 1.13. The second-order valence-corrected chi connectivity index (χ2v) is 9.49. The molecule has 0 unspecified atom stereocenters. The van der Waals surface area contributed by atoms with E-state index in [1.54, 1.807) is 0 Å². The van der Waals surface area contributed by atoms with Crippen molar-refractivity contribution in [1.82, 2.24) is 15.5 Å². The van der Waals surface area contributed by atoms with E-state index in [1.807, 2.05) is 18.2 Å². The second kappa shape index (κ2) is 12.2. The molecule has 2 aliphatic rings. The summed E-state index contributed by atoms with van der Waals surface area (Å²) < 4.78 is 5.49. The number of aliphatic imine (C=N–C) groups is 1. The molecular weight excluding hydrogens is 402 g/mol. The zero-order valence-corrected chi connectivity index (χ0v) is 20.1. The molecule has 1 aliphatic heterocycles. The maximum atomic E-state index is 12.6. The highest BCUT2D eigenvalue weighted by molar-refractivity contribution is 5.92. The fourth-order valence-corrected chi connectivity index (χ4v) is 4.45. The fraction of sp³-hybridized carbons (Fsp3) is 0.680. The summed E-state index contributed by atoms with van der Waals surface area (Å²) >= 11 is 0. The maximum absolute atomic E-state index is 12.6. The fourth-order valence-electron chi connectivity index (χ4n) is 4.45. The van der Waals surface area contributed by atoms with E-state index < -0.39 is 0 Å². The molecule has 1 saturated heterocycles. The number of hydrogen-bond acceptors (Lipinski definition) is 4. The third kappa shape index (κ3) is 7.48. The van der Waals surface area contributed by atoms with Crippen molar-refractivity contribution in [3.63, 3.8) is 0 Å². The normalized spacial score (nSPS) is 18.9. The van der Waals surface area contributed by atoms with Gasteiger partial charge in [-0.25, -0.2) is 4.99 Å². The summed E-state index contributed by atoms with van der Waals surface area (Å²) in [5, 5.41) is 9.96. The highest BCUT2D eigenvalue weighted by Gasteiger charge is 2.28. The van der Waals surface area contributed by atoms with Crippen LogP contribution in [0.3, 0.4) is 0 Å². The summed E-state index contributed by atoms with van der Waals surface area (Å²) in [6, 6.07) is 8.04. The topological polar surface area (TPSA) is 78.0 Å². The summed E-state index contributed by atoms with van der Waals surface area (Å²) in [6.07, 6.45) is 5.59. The molecule has 7 nitrogen and oxygen atoms in total. The number of carbonyl (C=O) groups excluding carboxylic acids is 1. The van der Waals surface area contributed by atoms with Crippen LogP contribution in [0.25, 0.3) is 0 Å². The van der Waals surface area contributed by atoms with Gasteiger partial charge in [-0.15, -0.1) is 0 Å². The van der Waals surface area contributed by atoms with E-state index in [0.29, 0.717) is 6.54 Å². The van der Waals surface area contributed by atoms with Crippen LogP contribution in [0.4, 0.5) is 5.69 Å². The number of nitrogens with zero attached hydrogens (tertiary/aromatic N) is 2. The molecule has 7 heteroatoms. The Morgan fingerprint density at radius 3 is 2.62 bits per heavy atom. The summed E-state index contributed by atoms with van der Waals surface area (Å²) in [6.45, 7) is 12.3. The summed E-state index contributed by atoms with van der Waals surface area (Å²) in [7, 11) is 0. The molecule has 3 rings (SSSR count). The minimum Gasteiger partial charge on any atom is -0.379 e. The molecule has 0 aromatic heterocycles. The van der Waals surface area contributed by atoms with Crippen molar-refractivity contribution in [3.05, 3.63) is 29.8 Å². The molecule has 1 saturated carbocycles. The van der Waals surface area contributed by atoms with Crippen LogP contribution in [0.5, 0.6) is 0 Å². The lowest BCUT2D eigenvalue weighted by Crippen LogP contribution is -2.56. The van der Waals surface area contributed by atoms with E-state index in [4.69, 9.17) is 9.73 Å². The molecule has 2 fully saturated rings. The molecule has 0 bridgehead atoms. The molecule has 1 amide bonds. The third-order valence-electron chi connectivity index (χ3n) is 6.49. The minimum absolute atomic E-state index is 0.0172. The minimum atomic E-state index is 0.0172. The van der Waals surface area contributed by atoms with Gasteiger partial charge in [-0.1, -0.05) is 31.4 Å². The van der Waals surface area contributed by atoms with Crippen LogP contribution in [0.1, 0.15) is 58.4 Å². The Morgan fingerprint density at radius 2 is 1.91 bits per heavy atom. The van der Waals surface area contributed by atoms with Gasteiger partial charge >= 0.3 is 0 Å². The summed E-state index contributed by atoms with van der Waals surface area (Å²) in [4.78, 5) is 19.8. The monoisotopic (exact) mass is 443 g/mol. The smallest absolute Gasteiger partial charge is 0.227 e. The van der Waals surface area contributed by atoms with E-state index in [9.17, 15) is 4.79 Å². The lowest BCUT2D eigenvalue weighted by Gasteiger charge is -2.41. The van der Waals surface area contributed by atoms with Crippen LogP contribution < -0.4 is 16.0 Å². The van der Waals surface area contributed by atoms with Crippen molar-refractivity contribution in [2.75, 3.05) is 44.7 Å². The molecule has 1 aliphatic carbocycles. The first-order chi connectivity index (χ1) is 15.5. The number of nitrogens with one attached hydrogen (secondary N) is 3. The van der Waals surface area contributed by atoms with Gasteiger partial charge in [0.05, 0.1) is 19.8 Å². The zero-order chi connectivity index (χ0) is 22.8.